The second-order valence-electron chi connectivity index (χ2n) is 3.79. The van der Waals surface area contributed by atoms with Crippen molar-refractivity contribution in [2.75, 3.05) is 0 Å². The standard InChI is InChI=1S/C11H13F2NS/c1-6-11(15-7(2)14-6)8-3-9(12)5-10(13)4-8/h3-4,7,9,14H,5H2,1-2H3. The fourth-order valence-electron chi connectivity index (χ4n) is 1.81. The minimum atomic E-state index is -1.19. The smallest absolute Gasteiger partial charge is 0.125 e. The predicted octanol–water partition coefficient (Wildman–Crippen LogP) is 3.42. The van der Waals surface area contributed by atoms with Crippen LogP contribution in [0.1, 0.15) is 20.3 Å². The normalized spacial score (nSPS) is 31.2. The summed E-state index contributed by atoms with van der Waals surface area (Å²) < 4.78 is 26.2. The van der Waals surface area contributed by atoms with Crippen molar-refractivity contribution in [3.8, 4) is 0 Å². The molecule has 0 bridgehead atoms. The van der Waals surface area contributed by atoms with Crippen LogP contribution in [0.25, 0.3) is 0 Å². The first-order valence-electron chi connectivity index (χ1n) is 4.92. The summed E-state index contributed by atoms with van der Waals surface area (Å²) in [4.78, 5) is 0.958. The zero-order valence-electron chi connectivity index (χ0n) is 8.68. The molecule has 15 heavy (non-hydrogen) atoms. The van der Waals surface area contributed by atoms with Crippen LogP contribution in [0.2, 0.25) is 0 Å². The van der Waals surface area contributed by atoms with Gasteiger partial charge in [-0.15, -0.1) is 0 Å². The number of hydrogen-bond donors (Lipinski definition) is 1. The van der Waals surface area contributed by atoms with E-state index in [0.29, 0.717) is 5.57 Å². The Balaban J connectivity index is 2.28. The van der Waals surface area contributed by atoms with Crippen LogP contribution in [0, 0.1) is 0 Å². The number of thioether (sulfide) groups is 1. The lowest BCUT2D eigenvalue weighted by Gasteiger charge is -2.12. The van der Waals surface area contributed by atoms with Gasteiger partial charge in [0.05, 0.1) is 5.37 Å². The lowest BCUT2D eigenvalue weighted by Crippen LogP contribution is -2.14. The first-order valence-corrected chi connectivity index (χ1v) is 5.80. The van der Waals surface area contributed by atoms with Crippen LogP contribution < -0.4 is 5.32 Å². The Morgan fingerprint density at radius 1 is 1.53 bits per heavy atom. The highest BCUT2D eigenvalue weighted by atomic mass is 32.2. The summed E-state index contributed by atoms with van der Waals surface area (Å²) >= 11 is 1.61. The van der Waals surface area contributed by atoms with Gasteiger partial charge in [-0.25, -0.2) is 8.78 Å². The summed E-state index contributed by atoms with van der Waals surface area (Å²) in [5, 5.41) is 3.50. The maximum Gasteiger partial charge on any atom is 0.125 e. The average Bonchev–Trinajstić information content (AvgIpc) is 2.43. The molecule has 2 rings (SSSR count). The van der Waals surface area contributed by atoms with Crippen molar-refractivity contribution in [1.29, 1.82) is 0 Å². The molecule has 1 nitrogen and oxygen atoms in total. The summed E-state index contributed by atoms with van der Waals surface area (Å²) in [6, 6.07) is 0. The molecule has 4 heteroatoms. The summed E-state index contributed by atoms with van der Waals surface area (Å²) in [5.74, 6) is -0.375. The quantitative estimate of drug-likeness (QED) is 0.739. The fourth-order valence-corrected chi connectivity index (χ4v) is 2.89. The van der Waals surface area contributed by atoms with Crippen molar-refractivity contribution < 1.29 is 8.78 Å². The molecule has 0 fully saturated rings. The summed E-state index contributed by atoms with van der Waals surface area (Å²) in [6.45, 7) is 3.96. The second kappa shape index (κ2) is 4.00. The van der Waals surface area contributed by atoms with Gasteiger partial charge >= 0.3 is 0 Å². The third-order valence-corrected chi connectivity index (χ3v) is 3.63. The fraction of sp³-hybridized carbons (Fsp3) is 0.455. The number of halogens is 2. The molecule has 0 aromatic carbocycles. The number of allylic oxidation sites excluding steroid dienone is 5. The van der Waals surface area contributed by atoms with E-state index in [9.17, 15) is 8.78 Å². The van der Waals surface area contributed by atoms with Crippen molar-refractivity contribution in [3.63, 3.8) is 0 Å². The highest BCUT2D eigenvalue weighted by molar-refractivity contribution is 8.04. The third-order valence-electron chi connectivity index (χ3n) is 2.38. The summed E-state index contributed by atoms with van der Waals surface area (Å²) in [7, 11) is 0. The van der Waals surface area contributed by atoms with E-state index in [1.165, 1.54) is 12.2 Å². The van der Waals surface area contributed by atoms with E-state index in [0.717, 1.165) is 10.6 Å². The number of alkyl halides is 1. The molecule has 1 heterocycles. The average molecular weight is 229 g/mol. The van der Waals surface area contributed by atoms with Gasteiger partial charge in [0.2, 0.25) is 0 Å². The van der Waals surface area contributed by atoms with Gasteiger partial charge in [-0.3, -0.25) is 0 Å². The van der Waals surface area contributed by atoms with Crippen LogP contribution >= 0.6 is 11.8 Å². The Hall–Kier alpha value is -0.770. The van der Waals surface area contributed by atoms with E-state index in [1.807, 2.05) is 13.8 Å². The van der Waals surface area contributed by atoms with Crippen molar-refractivity contribution in [2.24, 2.45) is 0 Å². The Morgan fingerprint density at radius 2 is 2.27 bits per heavy atom. The molecule has 0 radical (unpaired) electrons. The van der Waals surface area contributed by atoms with E-state index in [-0.39, 0.29) is 17.6 Å². The Bertz CT molecular complexity index is 371. The van der Waals surface area contributed by atoms with Crippen molar-refractivity contribution in [2.45, 2.75) is 31.8 Å². The van der Waals surface area contributed by atoms with Crippen LogP contribution in [-0.4, -0.2) is 11.5 Å². The van der Waals surface area contributed by atoms with Gasteiger partial charge in [0.1, 0.15) is 12.0 Å². The van der Waals surface area contributed by atoms with Crippen molar-refractivity contribution in [1.82, 2.24) is 5.32 Å². The van der Waals surface area contributed by atoms with Crippen LogP contribution in [0.3, 0.4) is 0 Å². The van der Waals surface area contributed by atoms with Gasteiger partial charge in [-0.2, -0.15) is 0 Å². The maximum atomic E-state index is 13.2. The molecule has 82 valence electrons. The number of rotatable bonds is 1. The van der Waals surface area contributed by atoms with Crippen LogP contribution in [0.5, 0.6) is 0 Å². The molecule has 2 atom stereocenters. The molecule has 0 spiro atoms. The minimum absolute atomic E-state index is 0.122. The maximum absolute atomic E-state index is 13.2. The number of hydrogen-bond acceptors (Lipinski definition) is 2. The molecular weight excluding hydrogens is 216 g/mol. The second-order valence-corrected chi connectivity index (χ2v) is 5.14. The monoisotopic (exact) mass is 229 g/mol. The molecule has 0 aromatic rings. The van der Waals surface area contributed by atoms with Gasteiger partial charge in [0.15, 0.2) is 0 Å². The lowest BCUT2D eigenvalue weighted by atomic mass is 10.0. The Morgan fingerprint density at radius 3 is 2.80 bits per heavy atom. The van der Waals surface area contributed by atoms with Crippen LogP contribution in [0.4, 0.5) is 8.78 Å². The van der Waals surface area contributed by atoms with E-state index in [2.05, 4.69) is 5.32 Å². The zero-order chi connectivity index (χ0) is 11.0. The first kappa shape index (κ1) is 10.7. The Labute approximate surface area is 92.3 Å². The lowest BCUT2D eigenvalue weighted by molar-refractivity contribution is 0.367. The molecule has 0 aromatic heterocycles. The van der Waals surface area contributed by atoms with Gasteiger partial charge in [-0.05, 0) is 31.6 Å². The van der Waals surface area contributed by atoms with Crippen LogP contribution in [0.15, 0.2) is 34.2 Å². The van der Waals surface area contributed by atoms with Gasteiger partial charge in [0.25, 0.3) is 0 Å². The highest BCUT2D eigenvalue weighted by Crippen LogP contribution is 2.38. The summed E-state index contributed by atoms with van der Waals surface area (Å²) in [5.41, 5.74) is 1.67. The predicted molar refractivity (Wildman–Crippen MR) is 59.7 cm³/mol. The van der Waals surface area contributed by atoms with Gasteiger partial charge < -0.3 is 5.32 Å². The first-order chi connectivity index (χ1) is 7.06. The highest BCUT2D eigenvalue weighted by Gasteiger charge is 2.23. The van der Waals surface area contributed by atoms with Crippen molar-refractivity contribution >= 4 is 11.8 Å². The third kappa shape index (κ3) is 2.25. The van der Waals surface area contributed by atoms with E-state index in [1.54, 1.807) is 11.8 Å². The minimum Gasteiger partial charge on any atom is -0.376 e. The molecule has 1 aliphatic carbocycles. The molecule has 1 aliphatic heterocycles. The topological polar surface area (TPSA) is 12.0 Å². The van der Waals surface area contributed by atoms with Gasteiger partial charge in [0, 0.05) is 17.0 Å². The van der Waals surface area contributed by atoms with E-state index in [4.69, 9.17) is 0 Å². The largest absolute Gasteiger partial charge is 0.376 e. The van der Waals surface area contributed by atoms with E-state index < -0.39 is 6.17 Å². The number of nitrogens with one attached hydrogen (secondary N) is 1. The SMILES string of the molecule is CC1=C(C2=CC(F)CC(F)=C2)SC(C)N1. The molecule has 2 unspecified atom stereocenters. The van der Waals surface area contributed by atoms with Crippen LogP contribution in [-0.2, 0) is 0 Å². The zero-order valence-corrected chi connectivity index (χ0v) is 9.50. The van der Waals surface area contributed by atoms with E-state index >= 15 is 0 Å². The molecular formula is C11H13F2NS. The van der Waals surface area contributed by atoms with Crippen molar-refractivity contribution in [3.05, 3.63) is 34.2 Å². The molecule has 1 N–H and O–H groups in total. The van der Waals surface area contributed by atoms with Gasteiger partial charge in [-0.1, -0.05) is 11.8 Å². The molecule has 2 aliphatic rings. The molecule has 0 saturated carbocycles. The Kier molecular flexibility index (Phi) is 2.87. The summed E-state index contributed by atoms with van der Waals surface area (Å²) in [6.07, 6.45) is 1.61. The molecule has 0 amide bonds. The molecule has 0 saturated heterocycles.